The summed E-state index contributed by atoms with van der Waals surface area (Å²) < 4.78 is 36.5. The quantitative estimate of drug-likeness (QED) is 0.222. The normalized spacial score (nSPS) is 12.6. The van der Waals surface area contributed by atoms with Gasteiger partial charge in [0.1, 0.15) is 5.71 Å². The first kappa shape index (κ1) is 15.7. The zero-order valence-electron chi connectivity index (χ0n) is 9.17. The van der Waals surface area contributed by atoms with Crippen molar-refractivity contribution in [3.63, 3.8) is 0 Å². The molecule has 0 aliphatic carbocycles. The van der Waals surface area contributed by atoms with Crippen molar-refractivity contribution in [1.29, 1.82) is 0 Å². The van der Waals surface area contributed by atoms with Crippen LogP contribution in [-0.2, 0) is 10.1 Å². The molecule has 0 radical (unpaired) electrons. The second-order valence-electron chi connectivity index (χ2n) is 3.21. The Bertz CT molecular complexity index is 476. The number of rotatable bonds is 3. The van der Waals surface area contributed by atoms with Crippen LogP contribution in [0.25, 0.3) is 0 Å². The largest absolute Gasteiger partial charge is 1.00 e. The van der Waals surface area contributed by atoms with Crippen molar-refractivity contribution in [1.82, 2.24) is 0 Å². The Labute approximate surface area is 115 Å². The maximum Gasteiger partial charge on any atom is 1.00 e. The average Bonchev–Trinajstić information content (AvgIpc) is 2.52. The van der Waals surface area contributed by atoms with Crippen LogP contribution in [0.4, 0.5) is 0 Å². The third kappa shape index (κ3) is 3.60. The van der Waals surface area contributed by atoms with Crippen molar-refractivity contribution in [2.45, 2.75) is 18.9 Å². The van der Waals surface area contributed by atoms with Crippen molar-refractivity contribution in [3.8, 4) is 0 Å². The van der Waals surface area contributed by atoms with Crippen molar-refractivity contribution in [3.05, 3.63) is 17.9 Å². The van der Waals surface area contributed by atoms with Crippen molar-refractivity contribution < 1.29 is 52.2 Å². The van der Waals surface area contributed by atoms with Crippen LogP contribution in [0.1, 0.15) is 19.6 Å². The van der Waals surface area contributed by atoms with Crippen LogP contribution >= 0.6 is 0 Å². The smallest absolute Gasteiger partial charge is 0.742 e. The molecule has 0 aliphatic heterocycles. The molecule has 8 heteroatoms. The first-order valence-electron chi connectivity index (χ1n) is 4.14. The van der Waals surface area contributed by atoms with Gasteiger partial charge in [0.25, 0.3) is 0 Å². The van der Waals surface area contributed by atoms with E-state index in [1.807, 2.05) is 0 Å². The van der Waals surface area contributed by atoms with E-state index in [1.54, 1.807) is 13.8 Å². The van der Waals surface area contributed by atoms with Gasteiger partial charge in [0.15, 0.2) is 15.9 Å². The van der Waals surface area contributed by atoms with E-state index in [2.05, 4.69) is 5.16 Å². The molecule has 0 atom stereocenters. The van der Waals surface area contributed by atoms with Gasteiger partial charge < -0.3 is 14.2 Å². The first-order chi connectivity index (χ1) is 6.86. The molecule has 6 nitrogen and oxygen atoms in total. The summed E-state index contributed by atoms with van der Waals surface area (Å²) in [5.74, 6) is -0.0784. The molecular formula is C8H10NNaO5S. The topological polar surface area (TPSA) is 103 Å². The molecule has 0 amide bonds. The van der Waals surface area contributed by atoms with Crippen LogP contribution in [0.15, 0.2) is 26.8 Å². The second kappa shape index (κ2) is 5.83. The van der Waals surface area contributed by atoms with E-state index >= 15 is 0 Å². The number of nitrogens with zero attached hydrogens (tertiary/aromatic N) is 1. The number of hydrogen-bond acceptors (Lipinski definition) is 6. The molecule has 0 unspecified atom stereocenters. The van der Waals surface area contributed by atoms with E-state index in [9.17, 15) is 13.0 Å². The Balaban J connectivity index is 0.00000225. The van der Waals surface area contributed by atoms with Gasteiger partial charge in [-0.2, -0.15) is 0 Å². The second-order valence-corrected chi connectivity index (χ2v) is 4.52. The fraction of sp³-hybridized carbons (Fsp3) is 0.375. The van der Waals surface area contributed by atoms with Gasteiger partial charge in [0, 0.05) is 5.92 Å². The summed E-state index contributed by atoms with van der Waals surface area (Å²) in [6.07, 6.45) is 0. The molecule has 1 aromatic heterocycles. The molecule has 84 valence electrons. The maximum absolute atomic E-state index is 10.6. The number of oxime groups is 1. The minimum Gasteiger partial charge on any atom is -0.742 e. The maximum atomic E-state index is 10.6. The molecule has 1 rings (SSSR count). The molecule has 0 saturated carbocycles. The van der Waals surface area contributed by atoms with E-state index in [0.717, 1.165) is 6.07 Å². The molecule has 0 fully saturated rings. The summed E-state index contributed by atoms with van der Waals surface area (Å²) in [5.41, 5.74) is 0.185. The fourth-order valence-electron chi connectivity index (χ4n) is 1.04. The molecule has 1 N–H and O–H groups in total. The summed E-state index contributed by atoms with van der Waals surface area (Å²) in [5, 5.41) is 11.0. The van der Waals surface area contributed by atoms with Gasteiger partial charge in [-0.1, -0.05) is 19.0 Å². The van der Waals surface area contributed by atoms with E-state index in [0.29, 0.717) is 0 Å². The average molecular weight is 255 g/mol. The van der Waals surface area contributed by atoms with E-state index in [1.165, 1.54) is 6.07 Å². The Kier molecular flexibility index (Phi) is 5.71. The fourth-order valence-corrected chi connectivity index (χ4v) is 1.47. The molecule has 1 aromatic rings. The monoisotopic (exact) mass is 255 g/mol. The minimum atomic E-state index is -4.60. The molecule has 16 heavy (non-hydrogen) atoms. The van der Waals surface area contributed by atoms with E-state index in [4.69, 9.17) is 9.62 Å². The molecule has 0 bridgehead atoms. The minimum absolute atomic E-state index is 0. The first-order valence-corrected chi connectivity index (χ1v) is 5.55. The van der Waals surface area contributed by atoms with Crippen LogP contribution < -0.4 is 29.6 Å². The summed E-state index contributed by atoms with van der Waals surface area (Å²) in [4.78, 5) is 0. The van der Waals surface area contributed by atoms with Gasteiger partial charge in [-0.25, -0.2) is 8.42 Å². The summed E-state index contributed by atoms with van der Waals surface area (Å²) in [6, 6.07) is 2.31. The van der Waals surface area contributed by atoms with Crippen molar-refractivity contribution in [2.24, 2.45) is 11.1 Å². The molecule has 1 heterocycles. The van der Waals surface area contributed by atoms with Crippen molar-refractivity contribution >= 4 is 15.8 Å². The standard InChI is InChI=1S/C8H11NO5S.Na/c1-5(2)8(9-10)6-3-4-7(14-6)15(11,12)13;/h3-5,10H,1-2H3,(H,11,12,13);/q;+1/p-1. The molecule has 0 saturated heterocycles. The van der Waals surface area contributed by atoms with Crippen LogP contribution in [0, 0.1) is 5.92 Å². The zero-order chi connectivity index (χ0) is 11.6. The Morgan fingerprint density at radius 1 is 1.50 bits per heavy atom. The summed E-state index contributed by atoms with van der Waals surface area (Å²) in [7, 11) is -4.60. The summed E-state index contributed by atoms with van der Waals surface area (Å²) >= 11 is 0. The summed E-state index contributed by atoms with van der Waals surface area (Å²) in [6.45, 7) is 3.48. The third-order valence-corrected chi connectivity index (χ3v) is 2.45. The van der Waals surface area contributed by atoms with Crippen LogP contribution in [-0.4, -0.2) is 23.9 Å². The molecule has 0 aromatic carbocycles. The molecular weight excluding hydrogens is 245 g/mol. The van der Waals surface area contributed by atoms with Crippen LogP contribution in [0.5, 0.6) is 0 Å². The van der Waals surface area contributed by atoms with Gasteiger partial charge in [0.05, 0.1) is 0 Å². The van der Waals surface area contributed by atoms with Gasteiger partial charge in [0.2, 0.25) is 5.09 Å². The van der Waals surface area contributed by atoms with Gasteiger partial charge in [-0.3, -0.25) is 0 Å². The molecule has 0 spiro atoms. The van der Waals surface area contributed by atoms with Gasteiger partial charge in [-0.15, -0.1) is 0 Å². The van der Waals surface area contributed by atoms with Crippen molar-refractivity contribution in [2.75, 3.05) is 0 Å². The predicted octanol–water partition coefficient (Wildman–Crippen LogP) is -1.98. The Morgan fingerprint density at radius 3 is 2.38 bits per heavy atom. The van der Waals surface area contributed by atoms with Crippen LogP contribution in [0.3, 0.4) is 0 Å². The SMILES string of the molecule is CC(C)C(=NO)c1ccc(S(=O)(=O)[O-])o1.[Na+]. The Morgan fingerprint density at radius 2 is 2.06 bits per heavy atom. The van der Waals surface area contributed by atoms with E-state index < -0.39 is 15.2 Å². The number of hydrogen-bond donors (Lipinski definition) is 1. The molecule has 0 aliphatic rings. The van der Waals surface area contributed by atoms with E-state index in [-0.39, 0.29) is 46.9 Å². The predicted molar refractivity (Wildman–Crippen MR) is 49.8 cm³/mol. The van der Waals surface area contributed by atoms with Crippen LogP contribution in [0.2, 0.25) is 0 Å². The third-order valence-electron chi connectivity index (χ3n) is 1.73. The zero-order valence-corrected chi connectivity index (χ0v) is 12.0. The van der Waals surface area contributed by atoms with Gasteiger partial charge >= 0.3 is 29.6 Å². The Hall–Kier alpha value is -0.340. The number of furan rings is 1. The van der Waals surface area contributed by atoms with Gasteiger partial charge in [-0.05, 0) is 12.1 Å².